The number of carbonyl (C=O) groups excluding carboxylic acids is 1. The number of nitrogens with zero attached hydrogens (tertiary/aromatic N) is 2. The maximum atomic E-state index is 13.8. The Morgan fingerprint density at radius 1 is 1.04 bits per heavy atom. The van der Waals surface area contributed by atoms with Crippen LogP contribution in [0.15, 0.2) is 42.5 Å². The molecule has 144 valence electrons. The highest BCUT2D eigenvalue weighted by atomic mass is 19.1. The molecule has 0 bridgehead atoms. The van der Waals surface area contributed by atoms with E-state index in [0.717, 1.165) is 31.1 Å². The average molecular weight is 370 g/mol. The minimum atomic E-state index is -0.202. The zero-order chi connectivity index (χ0) is 19.4. The van der Waals surface area contributed by atoms with Crippen LogP contribution in [0.3, 0.4) is 0 Å². The summed E-state index contributed by atoms with van der Waals surface area (Å²) in [7, 11) is 1.94. The van der Waals surface area contributed by atoms with Gasteiger partial charge in [-0.05, 0) is 37.1 Å². The first-order valence-electron chi connectivity index (χ1n) is 9.59. The Labute approximate surface area is 161 Å². The number of carbonyl (C=O) groups is 1. The predicted octanol–water partition coefficient (Wildman–Crippen LogP) is 1.81. The van der Waals surface area contributed by atoms with Crippen LogP contribution < -0.4 is 9.80 Å². The Morgan fingerprint density at radius 3 is 2.44 bits per heavy atom. The fraction of sp³-hybridized carbons (Fsp3) is 0.409. The summed E-state index contributed by atoms with van der Waals surface area (Å²) in [5.41, 5.74) is 4.53. The lowest BCUT2D eigenvalue weighted by Gasteiger charge is -2.37. The van der Waals surface area contributed by atoms with Crippen molar-refractivity contribution in [3.63, 3.8) is 0 Å². The van der Waals surface area contributed by atoms with Crippen LogP contribution in [0.4, 0.5) is 10.1 Å². The molecule has 0 spiro atoms. The van der Waals surface area contributed by atoms with Crippen LogP contribution in [0.25, 0.3) is 0 Å². The molecule has 1 amide bonds. The standard InChI is InChI=1S/C22H28FN3O/c1-17-7-6-10-21(18(17)2)25-11-13-26(14-12-25)22(27)16-24(3)15-19-8-4-5-9-20(19)23/h4-10H,11-16H2,1-3H3/p+1. The number of piperazine rings is 1. The summed E-state index contributed by atoms with van der Waals surface area (Å²) in [5, 5.41) is 0. The Kier molecular flexibility index (Phi) is 6.11. The van der Waals surface area contributed by atoms with Gasteiger partial charge in [0.1, 0.15) is 12.4 Å². The third-order valence-corrected chi connectivity index (χ3v) is 5.45. The number of anilines is 1. The topological polar surface area (TPSA) is 28.0 Å². The van der Waals surface area contributed by atoms with Gasteiger partial charge < -0.3 is 14.7 Å². The van der Waals surface area contributed by atoms with Gasteiger partial charge in [-0.15, -0.1) is 0 Å². The molecule has 5 heteroatoms. The monoisotopic (exact) mass is 370 g/mol. The summed E-state index contributed by atoms with van der Waals surface area (Å²) in [4.78, 5) is 17.9. The SMILES string of the molecule is Cc1cccc(N2CCN(C(=O)C[NH+](C)Cc3ccccc3F)CC2)c1C. The third-order valence-electron chi connectivity index (χ3n) is 5.45. The van der Waals surface area contributed by atoms with E-state index in [9.17, 15) is 9.18 Å². The third kappa shape index (κ3) is 4.66. The van der Waals surface area contributed by atoms with Gasteiger partial charge in [-0.2, -0.15) is 0 Å². The lowest BCUT2D eigenvalue weighted by atomic mass is 10.1. The summed E-state index contributed by atoms with van der Waals surface area (Å²) in [6.07, 6.45) is 0. The molecule has 1 unspecified atom stereocenters. The highest BCUT2D eigenvalue weighted by molar-refractivity contribution is 5.77. The molecule has 2 aromatic carbocycles. The summed E-state index contributed by atoms with van der Waals surface area (Å²) in [6, 6.07) is 13.2. The number of amides is 1. The van der Waals surface area contributed by atoms with Gasteiger partial charge in [0.15, 0.2) is 6.54 Å². The first-order chi connectivity index (χ1) is 13.0. The second kappa shape index (κ2) is 8.53. The molecule has 3 rings (SSSR count). The molecule has 1 N–H and O–H groups in total. The summed E-state index contributed by atoms with van der Waals surface area (Å²) in [5.74, 6) is -0.0594. The molecule has 1 fully saturated rings. The molecule has 0 saturated carbocycles. The Hall–Kier alpha value is -2.40. The highest BCUT2D eigenvalue weighted by Crippen LogP contribution is 2.23. The molecular weight excluding hydrogens is 341 g/mol. The number of hydrogen-bond donors (Lipinski definition) is 1. The van der Waals surface area contributed by atoms with Crippen LogP contribution >= 0.6 is 0 Å². The molecule has 1 heterocycles. The van der Waals surface area contributed by atoms with Crippen molar-refractivity contribution in [3.8, 4) is 0 Å². The van der Waals surface area contributed by atoms with Crippen molar-refractivity contribution < 1.29 is 14.1 Å². The molecule has 1 atom stereocenters. The second-order valence-corrected chi connectivity index (χ2v) is 7.49. The molecule has 0 aromatic heterocycles. The number of hydrogen-bond acceptors (Lipinski definition) is 2. The second-order valence-electron chi connectivity index (χ2n) is 7.49. The van der Waals surface area contributed by atoms with Crippen LogP contribution in [0.2, 0.25) is 0 Å². The molecule has 4 nitrogen and oxygen atoms in total. The molecule has 27 heavy (non-hydrogen) atoms. The quantitative estimate of drug-likeness (QED) is 0.869. The number of nitrogens with one attached hydrogen (secondary N) is 1. The summed E-state index contributed by atoms with van der Waals surface area (Å²) >= 11 is 0. The van der Waals surface area contributed by atoms with E-state index < -0.39 is 0 Å². The minimum absolute atomic E-state index is 0.143. The highest BCUT2D eigenvalue weighted by Gasteiger charge is 2.24. The van der Waals surface area contributed by atoms with E-state index in [4.69, 9.17) is 0 Å². The van der Waals surface area contributed by atoms with Gasteiger partial charge in [0, 0.05) is 37.4 Å². The van der Waals surface area contributed by atoms with Crippen LogP contribution in [-0.2, 0) is 11.3 Å². The molecule has 0 aliphatic carbocycles. The number of likely N-dealkylation sites (N-methyl/N-ethyl adjacent to an activating group) is 1. The number of rotatable bonds is 5. The normalized spacial score (nSPS) is 15.7. The first kappa shape index (κ1) is 19.4. The van der Waals surface area contributed by atoms with E-state index in [1.54, 1.807) is 12.1 Å². The number of aryl methyl sites for hydroxylation is 1. The smallest absolute Gasteiger partial charge is 0.277 e. The van der Waals surface area contributed by atoms with Gasteiger partial charge in [-0.25, -0.2) is 4.39 Å². The zero-order valence-corrected chi connectivity index (χ0v) is 16.5. The Bertz CT molecular complexity index is 800. The van der Waals surface area contributed by atoms with Crippen molar-refractivity contribution in [2.75, 3.05) is 44.7 Å². The van der Waals surface area contributed by atoms with Crippen LogP contribution in [-0.4, -0.2) is 50.6 Å². The maximum absolute atomic E-state index is 13.8. The minimum Gasteiger partial charge on any atom is -0.368 e. The van der Waals surface area contributed by atoms with Gasteiger partial charge >= 0.3 is 0 Å². The molecule has 2 aromatic rings. The lowest BCUT2D eigenvalue weighted by molar-refractivity contribution is -0.885. The molecule has 1 saturated heterocycles. The fourth-order valence-corrected chi connectivity index (χ4v) is 3.67. The van der Waals surface area contributed by atoms with E-state index >= 15 is 0 Å². The lowest BCUT2D eigenvalue weighted by Crippen LogP contribution is -3.09. The predicted molar refractivity (Wildman–Crippen MR) is 107 cm³/mol. The van der Waals surface area contributed by atoms with E-state index in [1.165, 1.54) is 22.9 Å². The van der Waals surface area contributed by atoms with Crippen molar-refractivity contribution in [2.45, 2.75) is 20.4 Å². The van der Waals surface area contributed by atoms with Crippen molar-refractivity contribution >= 4 is 11.6 Å². The van der Waals surface area contributed by atoms with Crippen LogP contribution in [0, 0.1) is 19.7 Å². The van der Waals surface area contributed by atoms with Gasteiger partial charge in [0.25, 0.3) is 5.91 Å². The van der Waals surface area contributed by atoms with Gasteiger partial charge in [0.2, 0.25) is 0 Å². The van der Waals surface area contributed by atoms with Gasteiger partial charge in [-0.3, -0.25) is 4.79 Å². The van der Waals surface area contributed by atoms with Crippen molar-refractivity contribution in [2.24, 2.45) is 0 Å². The molecule has 1 aliphatic rings. The van der Waals surface area contributed by atoms with E-state index in [-0.39, 0.29) is 11.7 Å². The molecular formula is C22H29FN3O+. The van der Waals surface area contributed by atoms with E-state index in [2.05, 4.69) is 36.9 Å². The Balaban J connectivity index is 1.52. The van der Waals surface area contributed by atoms with Crippen molar-refractivity contribution in [3.05, 3.63) is 65.0 Å². The van der Waals surface area contributed by atoms with E-state index in [0.29, 0.717) is 18.7 Å². The fourth-order valence-electron chi connectivity index (χ4n) is 3.67. The summed E-state index contributed by atoms with van der Waals surface area (Å²) in [6.45, 7) is 8.36. The van der Waals surface area contributed by atoms with Gasteiger partial charge in [-0.1, -0.05) is 30.3 Å². The van der Waals surface area contributed by atoms with Gasteiger partial charge in [0.05, 0.1) is 7.05 Å². The van der Waals surface area contributed by atoms with Crippen molar-refractivity contribution in [1.29, 1.82) is 0 Å². The van der Waals surface area contributed by atoms with E-state index in [1.807, 2.05) is 18.0 Å². The first-order valence-corrected chi connectivity index (χ1v) is 9.59. The summed E-state index contributed by atoms with van der Waals surface area (Å²) < 4.78 is 13.8. The molecule has 1 aliphatic heterocycles. The Morgan fingerprint density at radius 2 is 1.74 bits per heavy atom. The maximum Gasteiger partial charge on any atom is 0.277 e. The average Bonchev–Trinajstić information content (AvgIpc) is 2.66. The van der Waals surface area contributed by atoms with Crippen LogP contribution in [0.1, 0.15) is 16.7 Å². The van der Waals surface area contributed by atoms with Crippen molar-refractivity contribution in [1.82, 2.24) is 4.90 Å². The molecule has 0 radical (unpaired) electrons. The van der Waals surface area contributed by atoms with Crippen LogP contribution in [0.5, 0.6) is 0 Å². The zero-order valence-electron chi connectivity index (χ0n) is 16.5. The number of halogens is 1. The largest absolute Gasteiger partial charge is 0.368 e. The number of quaternary nitrogens is 1. The number of benzene rings is 2.